The molecule has 7 nitrogen and oxygen atoms in total. The molecule has 26 heavy (non-hydrogen) atoms. The molecule has 0 bridgehead atoms. The molecule has 0 atom stereocenters. The van der Waals surface area contributed by atoms with E-state index in [1.165, 1.54) is 5.56 Å². The van der Waals surface area contributed by atoms with Crippen molar-refractivity contribution >= 4 is 0 Å². The molecule has 2 aromatic heterocycles. The van der Waals surface area contributed by atoms with Gasteiger partial charge in [-0.05, 0) is 36.8 Å². The van der Waals surface area contributed by atoms with Crippen LogP contribution in [-0.4, -0.2) is 32.2 Å². The monoisotopic (exact) mass is 347 g/mol. The number of rotatable bonds is 5. The van der Waals surface area contributed by atoms with E-state index in [0.717, 1.165) is 17.0 Å². The molecule has 0 spiro atoms. The van der Waals surface area contributed by atoms with Gasteiger partial charge in [0.25, 0.3) is 0 Å². The van der Waals surface area contributed by atoms with Gasteiger partial charge in [0.05, 0.1) is 25.4 Å². The zero-order chi connectivity index (χ0) is 17.9. The third-order valence-electron chi connectivity index (χ3n) is 3.98. The lowest BCUT2D eigenvalue weighted by Crippen LogP contribution is -1.94. The Morgan fingerprint density at radius 3 is 2.77 bits per heavy atom. The first-order valence-electron chi connectivity index (χ1n) is 8.16. The van der Waals surface area contributed by atoms with Crippen LogP contribution >= 0.6 is 0 Å². The van der Waals surface area contributed by atoms with E-state index in [-0.39, 0.29) is 0 Å². The molecular weight excluding hydrogens is 330 g/mol. The predicted octanol–water partition coefficient (Wildman–Crippen LogP) is 3.23. The van der Waals surface area contributed by atoms with E-state index in [0.29, 0.717) is 23.8 Å². The van der Waals surface area contributed by atoms with Crippen LogP contribution in [0.1, 0.15) is 17.0 Å². The minimum absolute atomic E-state index is 0.418. The Hall–Kier alpha value is -3.48. The molecule has 0 aliphatic heterocycles. The molecule has 0 aliphatic carbocycles. The highest BCUT2D eigenvalue weighted by Gasteiger charge is 2.13. The second-order valence-corrected chi connectivity index (χ2v) is 5.92. The second-order valence-electron chi connectivity index (χ2n) is 5.92. The van der Waals surface area contributed by atoms with E-state index in [9.17, 15) is 0 Å². The average molecular weight is 347 g/mol. The van der Waals surface area contributed by atoms with Crippen molar-refractivity contribution in [3.63, 3.8) is 0 Å². The SMILES string of the molecule is COc1cccc(Cc2nc(-c3cn(-c4ccc(C)cc4)nn3)no2)c1. The molecule has 0 saturated heterocycles. The van der Waals surface area contributed by atoms with Crippen molar-refractivity contribution in [2.45, 2.75) is 13.3 Å². The minimum Gasteiger partial charge on any atom is -0.497 e. The van der Waals surface area contributed by atoms with Gasteiger partial charge in [-0.3, -0.25) is 0 Å². The summed E-state index contributed by atoms with van der Waals surface area (Å²) in [6, 6.07) is 15.8. The smallest absolute Gasteiger partial charge is 0.231 e. The van der Waals surface area contributed by atoms with Gasteiger partial charge in [-0.2, -0.15) is 4.98 Å². The van der Waals surface area contributed by atoms with Crippen LogP contribution in [0.25, 0.3) is 17.2 Å². The number of ether oxygens (including phenoxy) is 1. The summed E-state index contributed by atoms with van der Waals surface area (Å²) in [5.41, 5.74) is 3.71. The zero-order valence-corrected chi connectivity index (χ0v) is 14.5. The normalized spacial score (nSPS) is 10.8. The van der Waals surface area contributed by atoms with Gasteiger partial charge >= 0.3 is 0 Å². The standard InChI is InChI=1S/C19H17N5O2/c1-13-6-8-15(9-7-13)24-12-17(21-23-24)19-20-18(26-22-19)11-14-4-3-5-16(10-14)25-2/h3-10,12H,11H2,1-2H3. The first-order chi connectivity index (χ1) is 12.7. The van der Waals surface area contributed by atoms with Crippen molar-refractivity contribution in [3.05, 3.63) is 71.7 Å². The van der Waals surface area contributed by atoms with E-state index in [2.05, 4.69) is 20.5 Å². The second kappa shape index (κ2) is 6.79. The number of hydrogen-bond acceptors (Lipinski definition) is 6. The summed E-state index contributed by atoms with van der Waals surface area (Å²) in [6.07, 6.45) is 2.31. The lowest BCUT2D eigenvalue weighted by Gasteiger charge is -2.01. The van der Waals surface area contributed by atoms with Gasteiger partial charge in [-0.15, -0.1) is 5.10 Å². The van der Waals surface area contributed by atoms with E-state index in [1.54, 1.807) is 18.0 Å². The van der Waals surface area contributed by atoms with Crippen LogP contribution in [0.3, 0.4) is 0 Å². The van der Waals surface area contributed by atoms with Gasteiger partial charge in [-0.25, -0.2) is 4.68 Å². The highest BCUT2D eigenvalue weighted by Crippen LogP contribution is 2.18. The molecule has 0 radical (unpaired) electrons. The summed E-state index contributed by atoms with van der Waals surface area (Å²) in [6.45, 7) is 2.04. The Balaban J connectivity index is 1.53. The number of aromatic nitrogens is 5. The zero-order valence-electron chi connectivity index (χ0n) is 14.5. The van der Waals surface area contributed by atoms with Crippen molar-refractivity contribution < 1.29 is 9.26 Å². The Morgan fingerprint density at radius 2 is 1.96 bits per heavy atom. The molecule has 0 N–H and O–H groups in total. The highest BCUT2D eigenvalue weighted by molar-refractivity contribution is 5.47. The van der Waals surface area contributed by atoms with Crippen molar-refractivity contribution in [2.75, 3.05) is 7.11 Å². The first-order valence-corrected chi connectivity index (χ1v) is 8.16. The molecule has 0 fully saturated rings. The van der Waals surface area contributed by atoms with Gasteiger partial charge in [0.15, 0.2) is 5.69 Å². The van der Waals surface area contributed by atoms with Crippen LogP contribution in [0, 0.1) is 6.92 Å². The Kier molecular flexibility index (Phi) is 4.18. The van der Waals surface area contributed by atoms with Gasteiger partial charge in [0.1, 0.15) is 5.75 Å². The maximum Gasteiger partial charge on any atom is 0.231 e. The molecule has 7 heteroatoms. The highest BCUT2D eigenvalue weighted by atomic mass is 16.5. The molecule has 0 unspecified atom stereocenters. The number of methoxy groups -OCH3 is 1. The summed E-state index contributed by atoms with van der Waals surface area (Å²) in [5.74, 6) is 1.72. The van der Waals surface area contributed by atoms with Gasteiger partial charge in [-0.1, -0.05) is 40.2 Å². The van der Waals surface area contributed by atoms with E-state index in [1.807, 2.05) is 55.5 Å². The van der Waals surface area contributed by atoms with Gasteiger partial charge in [0, 0.05) is 0 Å². The van der Waals surface area contributed by atoms with Crippen LogP contribution in [0.2, 0.25) is 0 Å². The number of aryl methyl sites for hydroxylation is 1. The molecule has 2 aromatic carbocycles. The molecule has 4 aromatic rings. The Bertz CT molecular complexity index is 1020. The summed E-state index contributed by atoms with van der Waals surface area (Å²) in [5, 5.41) is 12.3. The van der Waals surface area contributed by atoms with Crippen molar-refractivity contribution in [2.24, 2.45) is 0 Å². The van der Waals surface area contributed by atoms with Gasteiger partial charge in [0.2, 0.25) is 11.7 Å². The first kappa shape index (κ1) is 16.0. The predicted molar refractivity (Wildman–Crippen MR) is 95.2 cm³/mol. The molecule has 0 amide bonds. The molecule has 2 heterocycles. The van der Waals surface area contributed by atoms with E-state index < -0.39 is 0 Å². The van der Waals surface area contributed by atoms with Crippen LogP contribution < -0.4 is 4.74 Å². The fourth-order valence-electron chi connectivity index (χ4n) is 2.58. The quantitative estimate of drug-likeness (QED) is 0.551. The largest absolute Gasteiger partial charge is 0.497 e. The summed E-state index contributed by atoms with van der Waals surface area (Å²) < 4.78 is 12.3. The van der Waals surface area contributed by atoms with Crippen LogP contribution in [0.4, 0.5) is 0 Å². The fourth-order valence-corrected chi connectivity index (χ4v) is 2.58. The lowest BCUT2D eigenvalue weighted by atomic mass is 10.1. The summed E-state index contributed by atoms with van der Waals surface area (Å²) in [4.78, 5) is 4.42. The maximum absolute atomic E-state index is 5.35. The minimum atomic E-state index is 0.418. The van der Waals surface area contributed by atoms with Crippen LogP contribution in [-0.2, 0) is 6.42 Å². The number of nitrogens with zero attached hydrogens (tertiary/aromatic N) is 5. The van der Waals surface area contributed by atoms with Crippen LogP contribution in [0.5, 0.6) is 5.75 Å². The Labute approximate surface area is 150 Å². The molecule has 4 rings (SSSR count). The summed E-state index contributed by atoms with van der Waals surface area (Å²) >= 11 is 0. The van der Waals surface area contributed by atoms with Gasteiger partial charge < -0.3 is 9.26 Å². The fraction of sp³-hybridized carbons (Fsp3) is 0.158. The molecule has 130 valence electrons. The topological polar surface area (TPSA) is 78.9 Å². The molecule has 0 aliphatic rings. The summed E-state index contributed by atoms with van der Waals surface area (Å²) in [7, 11) is 1.64. The maximum atomic E-state index is 5.35. The van der Waals surface area contributed by atoms with Crippen molar-refractivity contribution in [1.29, 1.82) is 0 Å². The molecular formula is C19H17N5O2. The van der Waals surface area contributed by atoms with Crippen molar-refractivity contribution in [1.82, 2.24) is 25.1 Å². The number of hydrogen-bond donors (Lipinski definition) is 0. The van der Waals surface area contributed by atoms with E-state index in [4.69, 9.17) is 9.26 Å². The average Bonchev–Trinajstić information content (AvgIpc) is 3.32. The molecule has 0 saturated carbocycles. The third kappa shape index (κ3) is 3.32. The Morgan fingerprint density at radius 1 is 1.12 bits per heavy atom. The van der Waals surface area contributed by atoms with E-state index >= 15 is 0 Å². The number of benzene rings is 2. The van der Waals surface area contributed by atoms with Crippen molar-refractivity contribution in [3.8, 4) is 23.0 Å². The lowest BCUT2D eigenvalue weighted by molar-refractivity contribution is 0.385. The van der Waals surface area contributed by atoms with Crippen LogP contribution in [0.15, 0.2) is 59.3 Å². The third-order valence-corrected chi connectivity index (χ3v) is 3.98.